The van der Waals surface area contributed by atoms with Gasteiger partial charge < -0.3 is 9.84 Å². The molecule has 1 N–H and O–H groups in total. The quantitative estimate of drug-likeness (QED) is 0.831. The van der Waals surface area contributed by atoms with Crippen LogP contribution in [-0.2, 0) is 10.8 Å². The summed E-state index contributed by atoms with van der Waals surface area (Å²) in [6.07, 6.45) is 1.74. The third kappa shape index (κ3) is 2.20. The van der Waals surface area contributed by atoms with E-state index in [2.05, 4.69) is 0 Å². The standard InChI is InChI=1S/C12H14O4S/c1-12(2)6-9(14)8-4-7(13)5-10(17(3)15)11(8)16-12/h4-5,13H,6H2,1-3H3. The topological polar surface area (TPSA) is 63.6 Å². The van der Waals surface area contributed by atoms with Crippen LogP contribution in [0.3, 0.4) is 0 Å². The van der Waals surface area contributed by atoms with Crippen molar-refractivity contribution in [1.82, 2.24) is 0 Å². The summed E-state index contributed by atoms with van der Waals surface area (Å²) in [6, 6.07) is 2.74. The summed E-state index contributed by atoms with van der Waals surface area (Å²) < 4.78 is 17.3. The number of hydrogen-bond donors (Lipinski definition) is 1. The highest BCUT2D eigenvalue weighted by Crippen LogP contribution is 2.39. The van der Waals surface area contributed by atoms with Crippen LogP contribution in [0.25, 0.3) is 0 Å². The van der Waals surface area contributed by atoms with Crippen molar-refractivity contribution in [2.24, 2.45) is 0 Å². The SMILES string of the molecule is CS(=O)c1cc(O)cc2c1OC(C)(C)CC2=O. The Morgan fingerprint density at radius 3 is 2.65 bits per heavy atom. The lowest BCUT2D eigenvalue weighted by atomic mass is 9.93. The molecule has 5 heteroatoms. The first-order valence-corrected chi connectivity index (χ1v) is 6.78. The Morgan fingerprint density at radius 2 is 2.06 bits per heavy atom. The first kappa shape index (κ1) is 12.1. The third-order valence-corrected chi connectivity index (χ3v) is 3.54. The van der Waals surface area contributed by atoms with Gasteiger partial charge in [0.25, 0.3) is 0 Å². The van der Waals surface area contributed by atoms with E-state index in [4.69, 9.17) is 4.74 Å². The van der Waals surface area contributed by atoms with Crippen molar-refractivity contribution in [3.63, 3.8) is 0 Å². The number of hydrogen-bond acceptors (Lipinski definition) is 4. The van der Waals surface area contributed by atoms with E-state index in [-0.39, 0.29) is 18.0 Å². The van der Waals surface area contributed by atoms with Crippen LogP contribution in [0.1, 0.15) is 30.6 Å². The number of ether oxygens (including phenoxy) is 1. The van der Waals surface area contributed by atoms with Gasteiger partial charge in [-0.05, 0) is 26.0 Å². The highest BCUT2D eigenvalue weighted by molar-refractivity contribution is 7.84. The van der Waals surface area contributed by atoms with E-state index in [1.165, 1.54) is 18.4 Å². The Morgan fingerprint density at radius 1 is 1.41 bits per heavy atom. The molecule has 0 aromatic heterocycles. The van der Waals surface area contributed by atoms with Crippen molar-refractivity contribution in [2.75, 3.05) is 6.26 Å². The average molecular weight is 254 g/mol. The number of carbonyl (C=O) groups is 1. The maximum atomic E-state index is 11.9. The zero-order chi connectivity index (χ0) is 12.8. The second-order valence-corrected chi connectivity index (χ2v) is 6.08. The van der Waals surface area contributed by atoms with Gasteiger partial charge in [0.1, 0.15) is 17.1 Å². The number of ketones is 1. The van der Waals surface area contributed by atoms with Gasteiger partial charge >= 0.3 is 0 Å². The van der Waals surface area contributed by atoms with Crippen LogP contribution in [0.2, 0.25) is 0 Å². The van der Waals surface area contributed by atoms with E-state index in [0.717, 1.165) is 0 Å². The normalized spacial score (nSPS) is 19.4. The van der Waals surface area contributed by atoms with Gasteiger partial charge in [-0.25, -0.2) is 0 Å². The molecular weight excluding hydrogens is 240 g/mol. The van der Waals surface area contributed by atoms with Crippen molar-refractivity contribution in [3.8, 4) is 11.5 Å². The van der Waals surface area contributed by atoms with Gasteiger partial charge in [0.05, 0.1) is 27.7 Å². The molecule has 4 nitrogen and oxygen atoms in total. The maximum Gasteiger partial charge on any atom is 0.170 e. The lowest BCUT2D eigenvalue weighted by Gasteiger charge is -2.32. The molecule has 1 aromatic carbocycles. The fraction of sp³-hybridized carbons (Fsp3) is 0.417. The minimum Gasteiger partial charge on any atom is -0.508 e. The summed E-state index contributed by atoms with van der Waals surface area (Å²) in [5.41, 5.74) is -0.288. The van der Waals surface area contributed by atoms with Crippen LogP contribution >= 0.6 is 0 Å². The average Bonchev–Trinajstić information content (AvgIpc) is 2.17. The molecule has 1 aliphatic heterocycles. The molecule has 1 aromatic rings. The number of carbonyl (C=O) groups excluding carboxylic acids is 1. The fourth-order valence-electron chi connectivity index (χ4n) is 1.91. The predicted octanol–water partition coefficient (Wildman–Crippen LogP) is 1.87. The zero-order valence-electron chi connectivity index (χ0n) is 9.94. The summed E-state index contributed by atoms with van der Waals surface area (Å²) in [4.78, 5) is 12.3. The minimum absolute atomic E-state index is 0.0643. The van der Waals surface area contributed by atoms with E-state index >= 15 is 0 Å². The van der Waals surface area contributed by atoms with Crippen molar-refractivity contribution >= 4 is 16.6 Å². The molecule has 17 heavy (non-hydrogen) atoms. The second-order valence-electron chi connectivity index (χ2n) is 4.74. The molecule has 0 amide bonds. The maximum absolute atomic E-state index is 11.9. The smallest absolute Gasteiger partial charge is 0.170 e. The summed E-state index contributed by atoms with van der Waals surface area (Å²) >= 11 is 0. The number of Topliss-reactive ketones (excluding diaryl/α,β-unsaturated/α-hetero) is 1. The number of aromatic hydroxyl groups is 1. The van der Waals surface area contributed by atoms with Crippen LogP contribution in [0.4, 0.5) is 0 Å². The monoisotopic (exact) mass is 254 g/mol. The van der Waals surface area contributed by atoms with E-state index in [1.54, 1.807) is 0 Å². The Kier molecular flexibility index (Phi) is 2.73. The van der Waals surface area contributed by atoms with Crippen LogP contribution in [0.5, 0.6) is 11.5 Å². The fourth-order valence-corrected chi connectivity index (χ4v) is 2.61. The molecule has 1 aliphatic rings. The van der Waals surface area contributed by atoms with Gasteiger partial charge in [0.2, 0.25) is 0 Å². The lowest BCUT2D eigenvalue weighted by Crippen LogP contribution is -2.36. The van der Waals surface area contributed by atoms with Crippen molar-refractivity contribution in [2.45, 2.75) is 30.8 Å². The largest absolute Gasteiger partial charge is 0.508 e. The number of phenolic OH excluding ortho intramolecular Hbond substituents is 1. The van der Waals surface area contributed by atoms with Crippen LogP contribution in [0.15, 0.2) is 17.0 Å². The van der Waals surface area contributed by atoms with Gasteiger partial charge in [-0.1, -0.05) is 0 Å². The summed E-state index contributed by atoms with van der Waals surface area (Å²) in [6.45, 7) is 3.62. The third-order valence-electron chi connectivity index (χ3n) is 2.61. The Hall–Kier alpha value is -1.36. The van der Waals surface area contributed by atoms with Gasteiger partial charge in [-0.3, -0.25) is 9.00 Å². The highest BCUT2D eigenvalue weighted by Gasteiger charge is 2.35. The van der Waals surface area contributed by atoms with Crippen LogP contribution < -0.4 is 4.74 Å². The predicted molar refractivity (Wildman–Crippen MR) is 64.1 cm³/mol. The van der Waals surface area contributed by atoms with Crippen LogP contribution in [0, 0.1) is 0 Å². The molecule has 0 bridgehead atoms. The highest BCUT2D eigenvalue weighted by atomic mass is 32.2. The van der Waals surface area contributed by atoms with E-state index < -0.39 is 16.4 Å². The molecule has 1 atom stereocenters. The first-order valence-electron chi connectivity index (χ1n) is 5.23. The zero-order valence-corrected chi connectivity index (χ0v) is 10.8. The minimum atomic E-state index is -1.31. The summed E-state index contributed by atoms with van der Waals surface area (Å²) in [5, 5.41) is 9.52. The number of benzene rings is 1. The van der Waals surface area contributed by atoms with Gasteiger partial charge in [-0.2, -0.15) is 0 Å². The lowest BCUT2D eigenvalue weighted by molar-refractivity contribution is 0.0600. The molecular formula is C12H14O4S. The Labute approximate surface area is 102 Å². The number of phenols is 1. The molecule has 0 radical (unpaired) electrons. The molecule has 92 valence electrons. The first-order chi connectivity index (χ1) is 7.80. The molecule has 1 unspecified atom stereocenters. The van der Waals surface area contributed by atoms with Crippen LogP contribution in [-0.4, -0.2) is 27.0 Å². The second kappa shape index (κ2) is 3.84. The molecule has 0 saturated heterocycles. The van der Waals surface area contributed by atoms with Crippen molar-refractivity contribution in [3.05, 3.63) is 17.7 Å². The number of rotatable bonds is 1. The molecule has 0 spiro atoms. The molecule has 0 saturated carbocycles. The van der Waals surface area contributed by atoms with Gasteiger partial charge in [0.15, 0.2) is 5.78 Å². The van der Waals surface area contributed by atoms with Gasteiger partial charge in [0, 0.05) is 6.26 Å². The van der Waals surface area contributed by atoms with E-state index in [0.29, 0.717) is 16.2 Å². The van der Waals surface area contributed by atoms with Crippen molar-refractivity contribution < 1.29 is 18.8 Å². The molecule has 0 aliphatic carbocycles. The summed E-state index contributed by atoms with van der Waals surface area (Å²) in [7, 11) is -1.31. The molecule has 0 fully saturated rings. The summed E-state index contributed by atoms with van der Waals surface area (Å²) in [5.74, 6) is 0.175. The number of fused-ring (bicyclic) bond motifs is 1. The Bertz CT molecular complexity index is 502. The van der Waals surface area contributed by atoms with Gasteiger partial charge in [-0.15, -0.1) is 0 Å². The molecule has 2 rings (SSSR count). The van der Waals surface area contributed by atoms with Crippen molar-refractivity contribution in [1.29, 1.82) is 0 Å². The van der Waals surface area contributed by atoms with E-state index in [9.17, 15) is 14.1 Å². The Balaban J connectivity index is 2.67. The molecule has 1 heterocycles. The van der Waals surface area contributed by atoms with E-state index in [1.807, 2.05) is 13.8 Å².